The number of aryl methyl sites for hydroxylation is 2. The normalized spacial score (nSPS) is 10.4. The van der Waals surface area contributed by atoms with Gasteiger partial charge in [0.2, 0.25) is 0 Å². The topological polar surface area (TPSA) is 62.2 Å². The van der Waals surface area contributed by atoms with Crippen LogP contribution in [0, 0.1) is 13.8 Å². The van der Waals surface area contributed by atoms with E-state index in [9.17, 15) is 4.79 Å². The molecule has 0 saturated heterocycles. The summed E-state index contributed by atoms with van der Waals surface area (Å²) in [6.45, 7) is 3.94. The van der Waals surface area contributed by atoms with Crippen molar-refractivity contribution in [3.05, 3.63) is 50.6 Å². The van der Waals surface area contributed by atoms with Crippen LogP contribution in [0.15, 0.2) is 28.9 Å². The number of carbonyl (C=O) groups is 1. The lowest BCUT2D eigenvalue weighted by Gasteiger charge is -2.14. The standard InChI is InChI=1S/C14H12BrClN2O2/c1-7-3-10(15)4-8(2)12(7)18-13-11(16)5-9(6-17-13)14(19)20/h3-6H,1-2H3,(H,17,18)(H,19,20). The molecule has 0 spiro atoms. The minimum Gasteiger partial charge on any atom is -0.478 e. The van der Waals surface area contributed by atoms with Crippen molar-refractivity contribution in [2.75, 3.05) is 5.32 Å². The molecule has 0 radical (unpaired) electrons. The minimum absolute atomic E-state index is 0.0600. The number of rotatable bonds is 3. The first-order valence-corrected chi connectivity index (χ1v) is 6.98. The lowest BCUT2D eigenvalue weighted by Crippen LogP contribution is -2.02. The Labute approximate surface area is 129 Å². The maximum Gasteiger partial charge on any atom is 0.337 e. The Morgan fingerprint density at radius 1 is 1.30 bits per heavy atom. The van der Waals surface area contributed by atoms with Gasteiger partial charge in [-0.15, -0.1) is 0 Å². The van der Waals surface area contributed by atoms with Crippen LogP contribution in [-0.2, 0) is 0 Å². The van der Waals surface area contributed by atoms with Crippen LogP contribution in [0.3, 0.4) is 0 Å². The van der Waals surface area contributed by atoms with Gasteiger partial charge < -0.3 is 10.4 Å². The zero-order valence-electron chi connectivity index (χ0n) is 10.9. The predicted molar refractivity (Wildman–Crippen MR) is 83.1 cm³/mol. The van der Waals surface area contributed by atoms with Gasteiger partial charge in [-0.25, -0.2) is 9.78 Å². The molecule has 20 heavy (non-hydrogen) atoms. The van der Waals surface area contributed by atoms with Crippen LogP contribution in [0.2, 0.25) is 5.02 Å². The van der Waals surface area contributed by atoms with E-state index in [4.69, 9.17) is 16.7 Å². The van der Waals surface area contributed by atoms with Crippen molar-refractivity contribution in [3.8, 4) is 0 Å². The Balaban J connectivity index is 2.38. The molecule has 4 nitrogen and oxygen atoms in total. The molecule has 0 atom stereocenters. The number of hydrogen-bond acceptors (Lipinski definition) is 3. The smallest absolute Gasteiger partial charge is 0.337 e. The molecule has 0 aliphatic carbocycles. The van der Waals surface area contributed by atoms with Crippen LogP contribution in [0.5, 0.6) is 0 Å². The molecule has 0 aliphatic rings. The van der Waals surface area contributed by atoms with Gasteiger partial charge in [-0.05, 0) is 43.2 Å². The zero-order valence-corrected chi connectivity index (χ0v) is 13.2. The largest absolute Gasteiger partial charge is 0.478 e. The second-order valence-corrected chi connectivity index (χ2v) is 5.72. The molecule has 2 aromatic rings. The minimum atomic E-state index is -1.05. The van der Waals surface area contributed by atoms with Gasteiger partial charge in [0.1, 0.15) is 5.82 Å². The van der Waals surface area contributed by atoms with Crippen molar-refractivity contribution in [3.63, 3.8) is 0 Å². The highest BCUT2D eigenvalue weighted by Gasteiger charge is 2.11. The number of hydrogen-bond donors (Lipinski definition) is 2. The van der Waals surface area contributed by atoms with Crippen LogP contribution >= 0.6 is 27.5 Å². The number of anilines is 2. The van der Waals surface area contributed by atoms with Crippen molar-refractivity contribution >= 4 is 45.0 Å². The van der Waals surface area contributed by atoms with Crippen LogP contribution in [-0.4, -0.2) is 16.1 Å². The number of nitrogens with one attached hydrogen (secondary N) is 1. The van der Waals surface area contributed by atoms with Gasteiger partial charge >= 0.3 is 5.97 Å². The van der Waals surface area contributed by atoms with Crippen LogP contribution in [0.1, 0.15) is 21.5 Å². The van der Waals surface area contributed by atoms with E-state index in [2.05, 4.69) is 26.2 Å². The number of benzene rings is 1. The highest BCUT2D eigenvalue weighted by Crippen LogP contribution is 2.30. The fraction of sp³-hybridized carbons (Fsp3) is 0.143. The molecule has 1 aromatic heterocycles. The molecule has 0 aliphatic heterocycles. The summed E-state index contributed by atoms with van der Waals surface area (Å²) in [7, 11) is 0. The number of aromatic nitrogens is 1. The van der Waals surface area contributed by atoms with E-state index in [0.29, 0.717) is 5.82 Å². The van der Waals surface area contributed by atoms with E-state index in [1.807, 2.05) is 26.0 Å². The molecule has 2 rings (SSSR count). The van der Waals surface area contributed by atoms with Crippen molar-refractivity contribution in [1.82, 2.24) is 4.98 Å². The van der Waals surface area contributed by atoms with Crippen molar-refractivity contribution in [1.29, 1.82) is 0 Å². The summed E-state index contributed by atoms with van der Waals surface area (Å²) in [4.78, 5) is 14.9. The number of nitrogens with zero attached hydrogens (tertiary/aromatic N) is 1. The Morgan fingerprint density at radius 3 is 2.40 bits per heavy atom. The van der Waals surface area contributed by atoms with Crippen molar-refractivity contribution in [2.24, 2.45) is 0 Å². The van der Waals surface area contributed by atoms with Crippen LogP contribution < -0.4 is 5.32 Å². The molecule has 1 aromatic carbocycles. The molecule has 0 fully saturated rings. The van der Waals surface area contributed by atoms with Crippen LogP contribution in [0.25, 0.3) is 0 Å². The summed E-state index contributed by atoms with van der Waals surface area (Å²) in [6.07, 6.45) is 1.28. The number of carboxylic acids is 1. The molecular formula is C14H12BrClN2O2. The van der Waals surface area contributed by atoms with E-state index in [1.54, 1.807) is 0 Å². The summed E-state index contributed by atoms with van der Waals surface area (Å²) in [5, 5.41) is 12.3. The third-order valence-electron chi connectivity index (χ3n) is 2.83. The third-order valence-corrected chi connectivity index (χ3v) is 3.57. The van der Waals surface area contributed by atoms with Gasteiger partial charge in [0.15, 0.2) is 0 Å². The van der Waals surface area contributed by atoms with E-state index >= 15 is 0 Å². The quantitative estimate of drug-likeness (QED) is 0.847. The highest BCUT2D eigenvalue weighted by molar-refractivity contribution is 9.10. The van der Waals surface area contributed by atoms with E-state index in [-0.39, 0.29) is 10.6 Å². The lowest BCUT2D eigenvalue weighted by molar-refractivity contribution is 0.0696. The Kier molecular flexibility index (Phi) is 4.30. The monoisotopic (exact) mass is 354 g/mol. The highest BCUT2D eigenvalue weighted by atomic mass is 79.9. The third kappa shape index (κ3) is 3.11. The molecule has 0 saturated carbocycles. The lowest BCUT2D eigenvalue weighted by atomic mass is 10.1. The van der Waals surface area contributed by atoms with Crippen LogP contribution in [0.4, 0.5) is 11.5 Å². The van der Waals surface area contributed by atoms with E-state index in [1.165, 1.54) is 12.3 Å². The van der Waals surface area contributed by atoms with Gasteiger partial charge in [0.05, 0.1) is 10.6 Å². The van der Waals surface area contributed by atoms with Gasteiger partial charge in [-0.2, -0.15) is 0 Å². The first kappa shape index (κ1) is 14.8. The fourth-order valence-electron chi connectivity index (χ4n) is 1.87. The second kappa shape index (κ2) is 5.81. The van der Waals surface area contributed by atoms with Crippen molar-refractivity contribution < 1.29 is 9.90 Å². The fourth-order valence-corrected chi connectivity index (χ4v) is 2.77. The summed E-state index contributed by atoms with van der Waals surface area (Å²) >= 11 is 9.50. The number of carboxylic acid groups (broad SMARTS) is 1. The molecule has 0 unspecified atom stereocenters. The zero-order chi connectivity index (χ0) is 14.9. The molecule has 2 N–H and O–H groups in total. The van der Waals surface area contributed by atoms with Gasteiger partial charge in [0.25, 0.3) is 0 Å². The predicted octanol–water partition coefficient (Wildman–Crippen LogP) is 4.56. The van der Waals surface area contributed by atoms with Crippen molar-refractivity contribution in [2.45, 2.75) is 13.8 Å². The molecule has 6 heteroatoms. The van der Waals surface area contributed by atoms with Gasteiger partial charge in [0, 0.05) is 16.4 Å². The maximum atomic E-state index is 10.8. The Morgan fingerprint density at radius 2 is 1.90 bits per heavy atom. The Bertz CT molecular complexity index is 666. The van der Waals surface area contributed by atoms with E-state index in [0.717, 1.165) is 21.3 Å². The summed E-state index contributed by atoms with van der Waals surface area (Å²) < 4.78 is 0.998. The van der Waals surface area contributed by atoms with E-state index < -0.39 is 5.97 Å². The molecule has 1 heterocycles. The maximum absolute atomic E-state index is 10.8. The average molecular weight is 356 g/mol. The first-order valence-electron chi connectivity index (χ1n) is 5.81. The SMILES string of the molecule is Cc1cc(Br)cc(C)c1Nc1ncc(C(=O)O)cc1Cl. The number of pyridine rings is 1. The summed E-state index contributed by atoms with van der Waals surface area (Å²) in [5.41, 5.74) is 3.05. The summed E-state index contributed by atoms with van der Waals surface area (Å²) in [6, 6.07) is 5.34. The molecule has 104 valence electrons. The second-order valence-electron chi connectivity index (χ2n) is 4.40. The molecule has 0 bridgehead atoms. The first-order chi connectivity index (χ1) is 9.38. The van der Waals surface area contributed by atoms with Gasteiger partial charge in [-0.1, -0.05) is 27.5 Å². The number of halogens is 2. The average Bonchev–Trinajstić information content (AvgIpc) is 2.34. The Hall–Kier alpha value is -1.59. The van der Waals surface area contributed by atoms with Gasteiger partial charge in [-0.3, -0.25) is 0 Å². The molecular weight excluding hydrogens is 344 g/mol. The number of aromatic carboxylic acids is 1. The molecule has 0 amide bonds. The summed E-state index contributed by atoms with van der Waals surface area (Å²) in [5.74, 6) is -0.618.